The van der Waals surface area contributed by atoms with Crippen molar-refractivity contribution in [3.63, 3.8) is 0 Å². The van der Waals surface area contributed by atoms with E-state index in [-0.39, 0.29) is 23.7 Å². The van der Waals surface area contributed by atoms with Crippen LogP contribution in [0.5, 0.6) is 0 Å². The van der Waals surface area contributed by atoms with Gasteiger partial charge in [0.2, 0.25) is 5.91 Å². The summed E-state index contributed by atoms with van der Waals surface area (Å²) in [5.41, 5.74) is 2.88. The Labute approximate surface area is 173 Å². The third kappa shape index (κ3) is 4.48. The number of nitrogens with one attached hydrogen (secondary N) is 3. The van der Waals surface area contributed by atoms with Gasteiger partial charge < -0.3 is 15.5 Å². The molecular weight excluding hydrogens is 385 g/mol. The van der Waals surface area contributed by atoms with Gasteiger partial charge in [-0.1, -0.05) is 0 Å². The average Bonchev–Trinajstić information content (AvgIpc) is 3.38. The van der Waals surface area contributed by atoms with E-state index < -0.39 is 0 Å². The quantitative estimate of drug-likeness (QED) is 0.606. The van der Waals surface area contributed by atoms with Crippen molar-refractivity contribution in [3.05, 3.63) is 66.0 Å². The van der Waals surface area contributed by atoms with Crippen molar-refractivity contribution in [2.24, 2.45) is 0 Å². The van der Waals surface area contributed by atoms with E-state index in [1.54, 1.807) is 36.4 Å². The average molecular weight is 407 g/mol. The third-order valence-corrected chi connectivity index (χ3v) is 5.03. The van der Waals surface area contributed by atoms with Crippen molar-refractivity contribution in [3.8, 4) is 11.3 Å². The van der Waals surface area contributed by atoms with Gasteiger partial charge in [-0.05, 0) is 60.5 Å². The smallest absolute Gasteiger partial charge is 0.251 e. The summed E-state index contributed by atoms with van der Waals surface area (Å²) in [6, 6.07) is 15.0. The minimum absolute atomic E-state index is 0.0125. The standard InChI is InChI=1S/C22H22FN5O2/c1-14(29)24-18-8-4-16(5-9-18)22(30)25-19-10-11-28(13-19)21-12-20(26-27-21)15-2-6-17(23)7-3-15/h2-9,12,19H,10-11,13H2,1H3,(H,24,29)(H,25,30)(H,26,27)/t19-/m0/s1. The molecule has 0 aliphatic carbocycles. The molecular formula is C22H22FN5O2. The van der Waals surface area contributed by atoms with Gasteiger partial charge in [0.15, 0.2) is 5.82 Å². The van der Waals surface area contributed by atoms with Gasteiger partial charge >= 0.3 is 0 Å². The highest BCUT2D eigenvalue weighted by Gasteiger charge is 2.26. The maximum atomic E-state index is 13.1. The molecule has 0 bridgehead atoms. The number of halogens is 1. The largest absolute Gasteiger partial charge is 0.353 e. The first-order valence-corrected chi connectivity index (χ1v) is 9.73. The Morgan fingerprint density at radius 2 is 1.87 bits per heavy atom. The summed E-state index contributed by atoms with van der Waals surface area (Å²) in [5.74, 6) is 0.219. The molecule has 0 radical (unpaired) electrons. The fourth-order valence-corrected chi connectivity index (χ4v) is 3.51. The molecule has 2 amide bonds. The Kier molecular flexibility index (Phi) is 5.47. The first kappa shape index (κ1) is 19.6. The van der Waals surface area contributed by atoms with Crippen LogP contribution in [0.15, 0.2) is 54.6 Å². The van der Waals surface area contributed by atoms with E-state index in [9.17, 15) is 14.0 Å². The van der Waals surface area contributed by atoms with Crippen LogP contribution in [-0.4, -0.2) is 41.1 Å². The predicted octanol–water partition coefficient (Wildman–Crippen LogP) is 3.18. The molecule has 3 N–H and O–H groups in total. The van der Waals surface area contributed by atoms with Crippen LogP contribution in [0, 0.1) is 5.82 Å². The molecule has 1 fully saturated rings. The second kappa shape index (κ2) is 8.36. The number of nitrogens with zero attached hydrogens (tertiary/aromatic N) is 2. The molecule has 2 aromatic carbocycles. The van der Waals surface area contributed by atoms with E-state index in [0.29, 0.717) is 17.8 Å². The highest BCUT2D eigenvalue weighted by Crippen LogP contribution is 2.24. The minimum atomic E-state index is -0.277. The molecule has 8 heteroatoms. The zero-order valence-corrected chi connectivity index (χ0v) is 16.5. The summed E-state index contributed by atoms with van der Waals surface area (Å²) in [4.78, 5) is 25.7. The highest BCUT2D eigenvalue weighted by atomic mass is 19.1. The number of anilines is 2. The van der Waals surface area contributed by atoms with Crippen molar-refractivity contribution in [2.45, 2.75) is 19.4 Å². The Bertz CT molecular complexity index is 1050. The Morgan fingerprint density at radius 1 is 1.13 bits per heavy atom. The molecule has 30 heavy (non-hydrogen) atoms. The van der Waals surface area contributed by atoms with Gasteiger partial charge in [-0.15, -0.1) is 0 Å². The number of carbonyl (C=O) groups is 2. The molecule has 1 atom stereocenters. The van der Waals surface area contributed by atoms with Crippen LogP contribution in [0.1, 0.15) is 23.7 Å². The lowest BCUT2D eigenvalue weighted by Gasteiger charge is -2.16. The van der Waals surface area contributed by atoms with Crippen molar-refractivity contribution >= 4 is 23.3 Å². The number of aromatic amines is 1. The molecule has 1 saturated heterocycles. The van der Waals surface area contributed by atoms with Crippen LogP contribution in [0.25, 0.3) is 11.3 Å². The van der Waals surface area contributed by atoms with Crippen LogP contribution in [-0.2, 0) is 4.79 Å². The van der Waals surface area contributed by atoms with E-state index >= 15 is 0 Å². The number of hydrogen-bond acceptors (Lipinski definition) is 4. The van der Waals surface area contributed by atoms with Crippen molar-refractivity contribution in [1.29, 1.82) is 0 Å². The maximum Gasteiger partial charge on any atom is 0.251 e. The Balaban J connectivity index is 1.35. The lowest BCUT2D eigenvalue weighted by atomic mass is 10.1. The first-order chi connectivity index (χ1) is 14.5. The second-order valence-corrected chi connectivity index (χ2v) is 7.31. The third-order valence-electron chi connectivity index (χ3n) is 5.03. The fourth-order valence-electron chi connectivity index (χ4n) is 3.51. The molecule has 0 spiro atoms. The molecule has 2 heterocycles. The molecule has 3 aromatic rings. The maximum absolute atomic E-state index is 13.1. The molecule has 1 aliphatic rings. The summed E-state index contributed by atoms with van der Waals surface area (Å²) < 4.78 is 13.1. The molecule has 4 rings (SSSR count). The number of carbonyl (C=O) groups excluding carboxylic acids is 2. The molecule has 0 unspecified atom stereocenters. The summed E-state index contributed by atoms with van der Waals surface area (Å²) in [5, 5.41) is 13.1. The number of aromatic nitrogens is 2. The van der Waals surface area contributed by atoms with Crippen LogP contribution in [0.3, 0.4) is 0 Å². The number of rotatable bonds is 5. The number of hydrogen-bond donors (Lipinski definition) is 3. The lowest BCUT2D eigenvalue weighted by molar-refractivity contribution is -0.114. The summed E-state index contributed by atoms with van der Waals surface area (Å²) in [6.45, 7) is 2.87. The van der Waals surface area contributed by atoms with Crippen LogP contribution >= 0.6 is 0 Å². The van der Waals surface area contributed by atoms with Crippen LogP contribution in [0.4, 0.5) is 15.9 Å². The van der Waals surface area contributed by atoms with Crippen LogP contribution < -0.4 is 15.5 Å². The van der Waals surface area contributed by atoms with Gasteiger partial charge in [0, 0.05) is 43.4 Å². The molecule has 0 saturated carbocycles. The molecule has 7 nitrogen and oxygen atoms in total. The highest BCUT2D eigenvalue weighted by molar-refractivity contribution is 5.95. The Hall–Kier alpha value is -3.68. The normalized spacial score (nSPS) is 15.8. The molecule has 1 aliphatic heterocycles. The monoisotopic (exact) mass is 407 g/mol. The van der Waals surface area contributed by atoms with E-state index in [1.807, 2.05) is 6.07 Å². The summed E-state index contributed by atoms with van der Waals surface area (Å²) >= 11 is 0. The van der Waals surface area contributed by atoms with Gasteiger partial charge in [0.05, 0.1) is 5.69 Å². The fraction of sp³-hybridized carbons (Fsp3) is 0.227. The van der Waals surface area contributed by atoms with Gasteiger partial charge in [-0.3, -0.25) is 14.7 Å². The van der Waals surface area contributed by atoms with Gasteiger partial charge in [0.1, 0.15) is 5.82 Å². The SMILES string of the molecule is CC(=O)Nc1ccc(C(=O)N[C@H]2CCN(c3cc(-c4ccc(F)cc4)[nH]n3)C2)cc1. The topological polar surface area (TPSA) is 90.1 Å². The van der Waals surface area contributed by atoms with E-state index in [2.05, 4.69) is 25.7 Å². The Morgan fingerprint density at radius 3 is 2.57 bits per heavy atom. The summed E-state index contributed by atoms with van der Waals surface area (Å²) in [7, 11) is 0. The first-order valence-electron chi connectivity index (χ1n) is 9.73. The summed E-state index contributed by atoms with van der Waals surface area (Å²) in [6.07, 6.45) is 0.814. The van der Waals surface area contributed by atoms with E-state index in [0.717, 1.165) is 30.0 Å². The number of benzene rings is 2. The minimum Gasteiger partial charge on any atom is -0.353 e. The van der Waals surface area contributed by atoms with Crippen molar-refractivity contribution in [2.75, 3.05) is 23.3 Å². The van der Waals surface area contributed by atoms with E-state index in [4.69, 9.17) is 0 Å². The number of amides is 2. The zero-order valence-electron chi connectivity index (χ0n) is 16.5. The number of H-pyrrole nitrogens is 1. The van der Waals surface area contributed by atoms with E-state index in [1.165, 1.54) is 19.1 Å². The zero-order chi connectivity index (χ0) is 21.1. The molecule has 154 valence electrons. The van der Waals surface area contributed by atoms with Crippen LogP contribution in [0.2, 0.25) is 0 Å². The predicted molar refractivity (Wildman–Crippen MR) is 113 cm³/mol. The van der Waals surface area contributed by atoms with Crippen molar-refractivity contribution < 1.29 is 14.0 Å². The second-order valence-electron chi connectivity index (χ2n) is 7.31. The van der Waals surface area contributed by atoms with Gasteiger partial charge in [-0.2, -0.15) is 5.10 Å². The van der Waals surface area contributed by atoms with Crippen molar-refractivity contribution in [1.82, 2.24) is 15.5 Å². The van der Waals surface area contributed by atoms with Gasteiger partial charge in [0.25, 0.3) is 5.91 Å². The van der Waals surface area contributed by atoms with Gasteiger partial charge in [-0.25, -0.2) is 4.39 Å². The lowest BCUT2D eigenvalue weighted by Crippen LogP contribution is -2.37. The molecule has 1 aromatic heterocycles.